The molecule has 1 heterocycles. The van der Waals surface area contributed by atoms with Crippen LogP contribution < -0.4 is 15.4 Å². The van der Waals surface area contributed by atoms with E-state index in [0.29, 0.717) is 5.11 Å². The first-order valence-corrected chi connectivity index (χ1v) is 5.85. The number of amides is 1. The molecule has 2 N–H and O–H groups in total. The molecule has 0 aromatic heterocycles. The van der Waals surface area contributed by atoms with Gasteiger partial charge in [0, 0.05) is 0 Å². The van der Waals surface area contributed by atoms with Gasteiger partial charge >= 0.3 is 0 Å². The molecular weight excluding hydrogens is 236 g/mol. The van der Waals surface area contributed by atoms with Gasteiger partial charge < -0.3 is 15.4 Å². The molecule has 1 aliphatic heterocycles. The highest BCUT2D eigenvalue weighted by Gasteiger charge is 2.28. The third kappa shape index (κ3) is 2.74. The maximum Gasteiger partial charge on any atom is 0.253 e. The second kappa shape index (κ2) is 4.71. The van der Waals surface area contributed by atoms with Crippen molar-refractivity contribution >= 4 is 23.2 Å². The Bertz CT molecular complexity index is 460. The highest BCUT2D eigenvalue weighted by atomic mass is 32.1. The molecule has 1 fully saturated rings. The molecule has 0 spiro atoms. The van der Waals surface area contributed by atoms with E-state index in [1.54, 1.807) is 0 Å². The molecule has 90 valence electrons. The molecule has 1 amide bonds. The quantitative estimate of drug-likeness (QED) is 0.799. The zero-order valence-corrected chi connectivity index (χ0v) is 10.5. The minimum atomic E-state index is -0.418. The van der Waals surface area contributed by atoms with E-state index in [2.05, 4.69) is 10.6 Å². The van der Waals surface area contributed by atoms with Gasteiger partial charge in [-0.2, -0.15) is 0 Å². The van der Waals surface area contributed by atoms with Gasteiger partial charge in [0.25, 0.3) is 5.91 Å². The van der Waals surface area contributed by atoms with Crippen LogP contribution in [0, 0.1) is 0 Å². The highest BCUT2D eigenvalue weighted by molar-refractivity contribution is 7.80. The van der Waals surface area contributed by atoms with Crippen molar-refractivity contribution in [3.05, 3.63) is 29.8 Å². The van der Waals surface area contributed by atoms with Gasteiger partial charge in [-0.15, -0.1) is 0 Å². The van der Waals surface area contributed by atoms with E-state index in [-0.39, 0.29) is 12.0 Å². The molecule has 1 saturated heterocycles. The first-order valence-electron chi connectivity index (χ1n) is 5.44. The predicted octanol–water partition coefficient (Wildman–Crippen LogP) is 1.52. The fourth-order valence-corrected chi connectivity index (χ4v) is 1.91. The summed E-state index contributed by atoms with van der Waals surface area (Å²) in [5, 5.41) is 5.85. The summed E-state index contributed by atoms with van der Waals surface area (Å²) >= 11 is 4.90. The highest BCUT2D eigenvalue weighted by Crippen LogP contribution is 2.22. The number of nitrogens with one attached hydrogen (secondary N) is 2. The van der Waals surface area contributed by atoms with E-state index in [1.807, 2.05) is 38.1 Å². The molecule has 0 radical (unpaired) electrons. The Morgan fingerprint density at radius 1 is 1.41 bits per heavy atom. The van der Waals surface area contributed by atoms with Gasteiger partial charge in [0.2, 0.25) is 0 Å². The molecule has 1 atom stereocenters. The zero-order chi connectivity index (χ0) is 12.4. The number of hydrogen-bond donors (Lipinski definition) is 2. The molecule has 17 heavy (non-hydrogen) atoms. The van der Waals surface area contributed by atoms with Crippen molar-refractivity contribution in [1.29, 1.82) is 0 Å². The van der Waals surface area contributed by atoms with Crippen molar-refractivity contribution in [1.82, 2.24) is 10.6 Å². The van der Waals surface area contributed by atoms with Crippen LogP contribution in [0.2, 0.25) is 0 Å². The van der Waals surface area contributed by atoms with Crippen LogP contribution in [0.4, 0.5) is 0 Å². The first kappa shape index (κ1) is 11.9. The van der Waals surface area contributed by atoms with E-state index in [9.17, 15) is 4.79 Å². The number of ether oxygens (including phenoxy) is 1. The lowest BCUT2D eigenvalue weighted by Gasteiger charge is -2.13. The van der Waals surface area contributed by atoms with E-state index < -0.39 is 6.04 Å². The first-order chi connectivity index (χ1) is 8.06. The molecule has 0 saturated carbocycles. The molecule has 4 nitrogen and oxygen atoms in total. The van der Waals surface area contributed by atoms with Crippen molar-refractivity contribution in [3.8, 4) is 5.75 Å². The lowest BCUT2D eigenvalue weighted by atomic mass is 10.1. The number of hydrogen-bond acceptors (Lipinski definition) is 3. The predicted molar refractivity (Wildman–Crippen MR) is 68.8 cm³/mol. The van der Waals surface area contributed by atoms with Gasteiger partial charge in [-0.3, -0.25) is 4.79 Å². The van der Waals surface area contributed by atoms with Crippen LogP contribution in [-0.4, -0.2) is 17.1 Å². The molecule has 0 bridgehead atoms. The average Bonchev–Trinajstić information content (AvgIpc) is 2.57. The number of thiocarbonyl (C=S) groups is 1. The van der Waals surface area contributed by atoms with Crippen LogP contribution in [0.25, 0.3) is 0 Å². The van der Waals surface area contributed by atoms with Crippen molar-refractivity contribution in [2.45, 2.75) is 26.0 Å². The largest absolute Gasteiger partial charge is 0.491 e. The van der Waals surface area contributed by atoms with Gasteiger partial charge in [0.15, 0.2) is 5.11 Å². The fourth-order valence-electron chi connectivity index (χ4n) is 1.69. The van der Waals surface area contributed by atoms with Gasteiger partial charge in [-0.25, -0.2) is 0 Å². The monoisotopic (exact) mass is 250 g/mol. The average molecular weight is 250 g/mol. The van der Waals surface area contributed by atoms with Gasteiger partial charge in [0.05, 0.1) is 6.10 Å². The Balaban J connectivity index is 2.21. The van der Waals surface area contributed by atoms with Crippen LogP contribution in [0.3, 0.4) is 0 Å². The summed E-state index contributed by atoms with van der Waals surface area (Å²) in [5.41, 5.74) is 0.848. The lowest BCUT2D eigenvalue weighted by molar-refractivity contribution is -0.120. The van der Waals surface area contributed by atoms with Gasteiger partial charge in [-0.05, 0) is 43.8 Å². The summed E-state index contributed by atoms with van der Waals surface area (Å²) in [5.74, 6) is 0.626. The standard InChI is InChI=1S/C12H14N2O2S/c1-7(2)16-9-5-3-4-8(6-9)10-11(15)14-12(17)13-10/h3-7,10H,1-2H3,(H2,13,14,15,17). The van der Waals surface area contributed by atoms with Crippen molar-refractivity contribution in [2.24, 2.45) is 0 Å². The maximum atomic E-state index is 11.6. The molecule has 5 heteroatoms. The van der Waals surface area contributed by atoms with Crippen LogP contribution in [0.15, 0.2) is 24.3 Å². The van der Waals surface area contributed by atoms with Gasteiger partial charge in [-0.1, -0.05) is 12.1 Å². The molecule has 1 unspecified atom stereocenters. The number of carbonyl (C=O) groups excluding carboxylic acids is 1. The maximum absolute atomic E-state index is 11.6. The molecular formula is C12H14N2O2S. The molecule has 1 aromatic rings. The number of benzene rings is 1. The summed E-state index contributed by atoms with van der Waals surface area (Å²) in [7, 11) is 0. The van der Waals surface area contributed by atoms with Crippen LogP contribution in [0.5, 0.6) is 5.75 Å². The Morgan fingerprint density at radius 3 is 2.76 bits per heavy atom. The molecule has 0 aliphatic carbocycles. The SMILES string of the molecule is CC(C)Oc1cccc(C2NC(=S)NC2=O)c1. The number of carbonyl (C=O) groups is 1. The third-order valence-electron chi connectivity index (χ3n) is 2.34. The van der Waals surface area contributed by atoms with E-state index in [4.69, 9.17) is 17.0 Å². The summed E-state index contributed by atoms with van der Waals surface area (Å²) in [4.78, 5) is 11.6. The summed E-state index contributed by atoms with van der Waals surface area (Å²) in [6, 6.07) is 7.04. The normalized spacial score (nSPS) is 19.1. The van der Waals surface area contributed by atoms with E-state index in [1.165, 1.54) is 0 Å². The van der Waals surface area contributed by atoms with Gasteiger partial charge in [0.1, 0.15) is 11.8 Å². The third-order valence-corrected chi connectivity index (χ3v) is 2.56. The smallest absolute Gasteiger partial charge is 0.253 e. The lowest BCUT2D eigenvalue weighted by Crippen LogP contribution is -2.21. The van der Waals surface area contributed by atoms with Crippen LogP contribution >= 0.6 is 12.2 Å². The topological polar surface area (TPSA) is 50.4 Å². The minimum Gasteiger partial charge on any atom is -0.491 e. The second-order valence-corrected chi connectivity index (χ2v) is 4.54. The minimum absolute atomic E-state index is 0.108. The van der Waals surface area contributed by atoms with Crippen molar-refractivity contribution < 1.29 is 9.53 Å². The van der Waals surface area contributed by atoms with Crippen LogP contribution in [-0.2, 0) is 4.79 Å². The summed E-state index contributed by atoms with van der Waals surface area (Å²) in [6.07, 6.45) is 0.108. The Morgan fingerprint density at radius 2 is 2.18 bits per heavy atom. The van der Waals surface area contributed by atoms with Crippen LogP contribution in [0.1, 0.15) is 25.5 Å². The fraction of sp³-hybridized carbons (Fsp3) is 0.333. The Labute approximate surface area is 105 Å². The zero-order valence-electron chi connectivity index (χ0n) is 9.69. The summed E-state index contributed by atoms with van der Waals surface area (Å²) < 4.78 is 5.58. The molecule has 1 aromatic carbocycles. The summed E-state index contributed by atoms with van der Waals surface area (Å²) in [6.45, 7) is 3.92. The molecule has 2 rings (SSSR count). The Hall–Kier alpha value is -1.62. The van der Waals surface area contributed by atoms with E-state index >= 15 is 0 Å². The number of rotatable bonds is 3. The van der Waals surface area contributed by atoms with Crippen molar-refractivity contribution in [3.63, 3.8) is 0 Å². The Kier molecular flexibility index (Phi) is 3.28. The molecule has 1 aliphatic rings. The van der Waals surface area contributed by atoms with E-state index in [0.717, 1.165) is 11.3 Å². The van der Waals surface area contributed by atoms with Crippen molar-refractivity contribution in [2.75, 3.05) is 0 Å². The second-order valence-electron chi connectivity index (χ2n) is 4.13.